The van der Waals surface area contributed by atoms with Crippen LogP contribution in [-0.4, -0.2) is 9.97 Å². The van der Waals surface area contributed by atoms with Gasteiger partial charge in [-0.2, -0.15) is 0 Å². The van der Waals surface area contributed by atoms with Gasteiger partial charge in [0.25, 0.3) is 0 Å². The summed E-state index contributed by atoms with van der Waals surface area (Å²) in [5.74, 6) is 1.69. The molecule has 0 unspecified atom stereocenters. The summed E-state index contributed by atoms with van der Waals surface area (Å²) in [4.78, 5) is 8.93. The number of nitrogens with zero attached hydrogens (tertiary/aromatic N) is 2. The molecule has 5 heteroatoms. The van der Waals surface area contributed by atoms with Crippen LogP contribution in [0.15, 0.2) is 33.3 Å². The quantitative estimate of drug-likeness (QED) is 0.698. The molecular formula is C15H17Br2N3. The third-order valence-electron chi connectivity index (χ3n) is 2.93. The monoisotopic (exact) mass is 397 g/mol. The van der Waals surface area contributed by atoms with Gasteiger partial charge in [0.05, 0.1) is 0 Å². The minimum atomic E-state index is 0.814. The molecule has 0 saturated heterocycles. The molecule has 0 atom stereocenters. The third kappa shape index (κ3) is 4.03. The topological polar surface area (TPSA) is 37.8 Å². The van der Waals surface area contributed by atoms with E-state index in [1.807, 2.05) is 12.1 Å². The number of hydrogen-bond donors (Lipinski definition) is 1. The Morgan fingerprint density at radius 3 is 2.60 bits per heavy atom. The standard InChI is InChI=1S/C15H17Br2N3/c1-3-5-14-19-13(17)9-15(20-14)18-12-7-6-11(16)8-10(12)4-2/h6-9H,3-5H2,1-2H3,(H,18,19,20). The van der Waals surface area contributed by atoms with E-state index in [2.05, 4.69) is 73.1 Å². The zero-order valence-corrected chi connectivity index (χ0v) is 14.8. The van der Waals surface area contributed by atoms with Gasteiger partial charge in [-0.25, -0.2) is 9.97 Å². The highest BCUT2D eigenvalue weighted by atomic mass is 79.9. The molecule has 0 saturated carbocycles. The summed E-state index contributed by atoms with van der Waals surface area (Å²) in [6, 6.07) is 8.13. The van der Waals surface area contributed by atoms with Crippen molar-refractivity contribution < 1.29 is 0 Å². The van der Waals surface area contributed by atoms with Crippen LogP contribution in [0.5, 0.6) is 0 Å². The minimum Gasteiger partial charge on any atom is -0.340 e. The van der Waals surface area contributed by atoms with Gasteiger partial charge in [0, 0.05) is 22.6 Å². The summed E-state index contributed by atoms with van der Waals surface area (Å²) in [5, 5.41) is 3.39. The van der Waals surface area contributed by atoms with Crippen LogP contribution in [0.4, 0.5) is 11.5 Å². The molecule has 3 nitrogen and oxygen atoms in total. The van der Waals surface area contributed by atoms with Crippen LogP contribution in [-0.2, 0) is 12.8 Å². The molecule has 0 aliphatic carbocycles. The molecule has 1 heterocycles. The fraction of sp³-hybridized carbons (Fsp3) is 0.333. The highest BCUT2D eigenvalue weighted by molar-refractivity contribution is 9.10. The van der Waals surface area contributed by atoms with E-state index in [0.29, 0.717) is 0 Å². The van der Waals surface area contributed by atoms with Crippen LogP contribution in [0, 0.1) is 0 Å². The van der Waals surface area contributed by atoms with Crippen molar-refractivity contribution in [1.29, 1.82) is 0 Å². The largest absolute Gasteiger partial charge is 0.340 e. The van der Waals surface area contributed by atoms with Gasteiger partial charge in [-0.15, -0.1) is 0 Å². The van der Waals surface area contributed by atoms with Crippen LogP contribution in [0.25, 0.3) is 0 Å². The van der Waals surface area contributed by atoms with Crippen LogP contribution < -0.4 is 5.32 Å². The molecule has 1 aromatic carbocycles. The zero-order chi connectivity index (χ0) is 14.5. The van der Waals surface area contributed by atoms with E-state index in [-0.39, 0.29) is 0 Å². The van der Waals surface area contributed by atoms with Crippen molar-refractivity contribution in [2.75, 3.05) is 5.32 Å². The minimum absolute atomic E-state index is 0.814. The second-order valence-electron chi connectivity index (χ2n) is 4.52. The molecule has 106 valence electrons. The lowest BCUT2D eigenvalue weighted by atomic mass is 10.1. The maximum atomic E-state index is 4.55. The van der Waals surface area contributed by atoms with Gasteiger partial charge in [-0.3, -0.25) is 0 Å². The highest BCUT2D eigenvalue weighted by Crippen LogP contribution is 2.25. The van der Waals surface area contributed by atoms with Crippen molar-refractivity contribution in [2.45, 2.75) is 33.1 Å². The number of benzene rings is 1. The Morgan fingerprint density at radius 2 is 1.90 bits per heavy atom. The SMILES string of the molecule is CCCc1nc(Br)cc(Nc2ccc(Br)cc2CC)n1. The summed E-state index contributed by atoms with van der Waals surface area (Å²) in [6.45, 7) is 4.27. The predicted octanol–water partition coefficient (Wildman–Crippen LogP) is 5.26. The maximum Gasteiger partial charge on any atom is 0.135 e. The van der Waals surface area contributed by atoms with Crippen molar-refractivity contribution >= 4 is 43.4 Å². The smallest absolute Gasteiger partial charge is 0.135 e. The molecule has 0 radical (unpaired) electrons. The highest BCUT2D eigenvalue weighted by Gasteiger charge is 2.06. The van der Waals surface area contributed by atoms with Crippen molar-refractivity contribution in [3.05, 3.63) is 44.7 Å². The molecule has 0 aliphatic rings. The Bertz CT molecular complexity index is 600. The van der Waals surface area contributed by atoms with Crippen molar-refractivity contribution in [2.24, 2.45) is 0 Å². The number of anilines is 2. The van der Waals surface area contributed by atoms with E-state index in [9.17, 15) is 0 Å². The third-order valence-corrected chi connectivity index (χ3v) is 3.83. The number of hydrogen-bond acceptors (Lipinski definition) is 3. The molecule has 0 fully saturated rings. The van der Waals surface area contributed by atoms with E-state index in [1.165, 1.54) is 5.56 Å². The van der Waals surface area contributed by atoms with Gasteiger partial charge >= 0.3 is 0 Å². The Morgan fingerprint density at radius 1 is 1.10 bits per heavy atom. The lowest BCUT2D eigenvalue weighted by Gasteiger charge is -2.12. The van der Waals surface area contributed by atoms with E-state index in [4.69, 9.17) is 0 Å². The van der Waals surface area contributed by atoms with Crippen LogP contribution >= 0.6 is 31.9 Å². The van der Waals surface area contributed by atoms with E-state index in [0.717, 1.165) is 45.7 Å². The molecule has 2 rings (SSSR count). The second kappa shape index (κ2) is 7.18. The number of aryl methyl sites for hydroxylation is 2. The first-order chi connectivity index (χ1) is 9.62. The first-order valence-corrected chi connectivity index (χ1v) is 8.30. The lowest BCUT2D eigenvalue weighted by molar-refractivity contribution is 0.831. The van der Waals surface area contributed by atoms with E-state index >= 15 is 0 Å². The Hall–Kier alpha value is -0.940. The van der Waals surface area contributed by atoms with E-state index < -0.39 is 0 Å². The van der Waals surface area contributed by atoms with Gasteiger partial charge in [-0.1, -0.05) is 29.8 Å². The fourth-order valence-electron chi connectivity index (χ4n) is 1.98. The lowest BCUT2D eigenvalue weighted by Crippen LogP contribution is -2.02. The molecule has 0 aliphatic heterocycles. The van der Waals surface area contributed by atoms with Crippen LogP contribution in [0.1, 0.15) is 31.7 Å². The number of nitrogens with one attached hydrogen (secondary N) is 1. The second-order valence-corrected chi connectivity index (χ2v) is 6.25. The van der Waals surface area contributed by atoms with Gasteiger partial charge in [0.15, 0.2) is 0 Å². The van der Waals surface area contributed by atoms with Gasteiger partial charge in [0.1, 0.15) is 16.2 Å². The molecule has 0 amide bonds. The molecule has 1 aromatic heterocycles. The Labute approximate surface area is 136 Å². The molecular weight excluding hydrogens is 382 g/mol. The van der Waals surface area contributed by atoms with Crippen molar-refractivity contribution in [3.8, 4) is 0 Å². The molecule has 1 N–H and O–H groups in total. The molecule has 0 spiro atoms. The van der Waals surface area contributed by atoms with Crippen molar-refractivity contribution in [3.63, 3.8) is 0 Å². The van der Waals surface area contributed by atoms with Crippen molar-refractivity contribution in [1.82, 2.24) is 9.97 Å². The summed E-state index contributed by atoms with van der Waals surface area (Å²) in [6.07, 6.45) is 2.89. The van der Waals surface area contributed by atoms with Crippen LogP contribution in [0.3, 0.4) is 0 Å². The molecule has 20 heavy (non-hydrogen) atoms. The Balaban J connectivity index is 2.29. The predicted molar refractivity (Wildman–Crippen MR) is 90.5 cm³/mol. The molecule has 2 aromatic rings. The Kier molecular flexibility index (Phi) is 5.54. The molecule has 0 bridgehead atoms. The number of halogens is 2. The van der Waals surface area contributed by atoms with Gasteiger partial charge < -0.3 is 5.32 Å². The summed E-state index contributed by atoms with van der Waals surface area (Å²) in [5.41, 5.74) is 2.34. The van der Waals surface area contributed by atoms with E-state index in [1.54, 1.807) is 0 Å². The summed E-state index contributed by atoms with van der Waals surface area (Å²) in [7, 11) is 0. The normalized spacial score (nSPS) is 10.6. The maximum absolute atomic E-state index is 4.55. The number of aromatic nitrogens is 2. The van der Waals surface area contributed by atoms with Gasteiger partial charge in [-0.05, 0) is 52.5 Å². The number of rotatable bonds is 5. The van der Waals surface area contributed by atoms with Crippen LogP contribution in [0.2, 0.25) is 0 Å². The van der Waals surface area contributed by atoms with Gasteiger partial charge in [0.2, 0.25) is 0 Å². The first-order valence-electron chi connectivity index (χ1n) is 6.71. The summed E-state index contributed by atoms with van der Waals surface area (Å²) < 4.78 is 1.91. The average molecular weight is 399 g/mol. The zero-order valence-electron chi connectivity index (χ0n) is 11.6. The summed E-state index contributed by atoms with van der Waals surface area (Å²) >= 11 is 6.95. The first kappa shape index (κ1) is 15.4. The average Bonchev–Trinajstić information content (AvgIpc) is 2.40. The fourth-order valence-corrected chi connectivity index (χ4v) is 2.81.